The highest BCUT2D eigenvalue weighted by molar-refractivity contribution is 7.81. The van der Waals surface area contributed by atoms with Gasteiger partial charge in [-0.05, 0) is 30.7 Å². The van der Waals surface area contributed by atoms with Crippen LogP contribution in [-0.4, -0.2) is 44.3 Å². The van der Waals surface area contributed by atoms with E-state index in [1.165, 1.54) is 29.2 Å². The molecule has 0 radical (unpaired) electrons. The highest BCUT2D eigenvalue weighted by Crippen LogP contribution is 2.27. The van der Waals surface area contributed by atoms with Gasteiger partial charge in [0.05, 0.1) is 6.04 Å². The van der Waals surface area contributed by atoms with E-state index in [4.69, 9.17) is 0 Å². The van der Waals surface area contributed by atoms with Crippen molar-refractivity contribution in [3.8, 4) is 5.75 Å². The number of rotatable bonds is 4. The van der Waals surface area contributed by atoms with E-state index < -0.39 is 10.5 Å². The van der Waals surface area contributed by atoms with E-state index in [0.717, 1.165) is 5.69 Å². The summed E-state index contributed by atoms with van der Waals surface area (Å²) in [6.07, 6.45) is 3.17. The average molecular weight is 340 g/mol. The molecule has 0 aromatic heterocycles. The van der Waals surface area contributed by atoms with Gasteiger partial charge in [-0.2, -0.15) is 8.42 Å². The van der Waals surface area contributed by atoms with Gasteiger partial charge >= 0.3 is 10.5 Å². The van der Waals surface area contributed by atoms with Gasteiger partial charge in [-0.3, -0.25) is 14.5 Å². The van der Waals surface area contributed by atoms with Gasteiger partial charge in [-0.15, -0.1) is 0 Å². The highest BCUT2D eigenvalue weighted by atomic mass is 32.3. The fourth-order valence-corrected chi connectivity index (χ4v) is 3.13. The molecule has 1 fully saturated rings. The van der Waals surface area contributed by atoms with Crippen LogP contribution in [0.4, 0.5) is 9.57 Å². The monoisotopic (exact) mass is 340 g/mol. The number of hydrogen-bond donors (Lipinski definition) is 0. The second kappa shape index (κ2) is 5.65. The number of anilines is 1. The number of benzene rings is 1. The number of carbonyl (C=O) groups excluding carboxylic acids is 2. The van der Waals surface area contributed by atoms with E-state index in [9.17, 15) is 21.9 Å². The normalized spacial score (nSPS) is 21.3. The van der Waals surface area contributed by atoms with Gasteiger partial charge in [0.1, 0.15) is 5.75 Å². The van der Waals surface area contributed by atoms with Crippen molar-refractivity contribution in [2.75, 3.05) is 18.0 Å². The topological polar surface area (TPSA) is 84.0 Å². The van der Waals surface area contributed by atoms with Crippen molar-refractivity contribution < 1.29 is 26.1 Å². The van der Waals surface area contributed by atoms with Gasteiger partial charge in [-0.1, -0.05) is 3.89 Å². The molecule has 0 N–H and O–H groups in total. The number of hydrogen-bond acceptors (Lipinski definition) is 6. The summed E-state index contributed by atoms with van der Waals surface area (Å²) in [7, 11) is -5.04. The molecule has 7 nitrogen and oxygen atoms in total. The van der Waals surface area contributed by atoms with Gasteiger partial charge < -0.3 is 9.08 Å². The SMILES string of the molecule is O=C1C=CC(=O)N1[C@@H]1CCN(c2ccc(OS(=O)(=O)F)cc2)C1. The molecular weight excluding hydrogens is 327 g/mol. The maximum Gasteiger partial charge on any atom is 0.488 e. The number of carbonyl (C=O) groups is 2. The molecule has 2 heterocycles. The van der Waals surface area contributed by atoms with Crippen molar-refractivity contribution in [2.45, 2.75) is 12.5 Å². The molecular formula is C14H13FN2O5S. The lowest BCUT2D eigenvalue weighted by molar-refractivity contribution is -0.138. The van der Waals surface area contributed by atoms with Crippen LogP contribution in [0.1, 0.15) is 6.42 Å². The summed E-state index contributed by atoms with van der Waals surface area (Å²) in [5, 5.41) is 0. The number of imide groups is 1. The van der Waals surface area contributed by atoms with Crippen molar-refractivity contribution in [1.29, 1.82) is 0 Å². The molecule has 0 saturated carbocycles. The lowest BCUT2D eigenvalue weighted by atomic mass is 10.2. The minimum atomic E-state index is -5.04. The van der Waals surface area contributed by atoms with E-state index in [-0.39, 0.29) is 23.6 Å². The van der Waals surface area contributed by atoms with Crippen molar-refractivity contribution in [3.63, 3.8) is 0 Å². The predicted molar refractivity (Wildman–Crippen MR) is 78.7 cm³/mol. The number of amides is 2. The summed E-state index contributed by atoms with van der Waals surface area (Å²) in [4.78, 5) is 26.6. The number of halogens is 1. The zero-order valence-electron chi connectivity index (χ0n) is 11.9. The third kappa shape index (κ3) is 3.34. The summed E-state index contributed by atoms with van der Waals surface area (Å²) >= 11 is 0. The van der Waals surface area contributed by atoms with Crippen LogP contribution in [0, 0.1) is 0 Å². The Morgan fingerprint density at radius 2 is 1.70 bits per heavy atom. The van der Waals surface area contributed by atoms with Crippen LogP contribution in [0.5, 0.6) is 5.75 Å². The molecule has 1 aromatic carbocycles. The smallest absolute Gasteiger partial charge is 0.369 e. The van der Waals surface area contributed by atoms with E-state index in [0.29, 0.717) is 19.5 Å². The molecule has 1 atom stereocenters. The maximum atomic E-state index is 12.4. The Bertz CT molecular complexity index is 757. The van der Waals surface area contributed by atoms with E-state index in [1.807, 2.05) is 4.90 Å². The van der Waals surface area contributed by atoms with Crippen molar-refractivity contribution in [2.24, 2.45) is 0 Å². The van der Waals surface area contributed by atoms with Gasteiger partial charge in [0.2, 0.25) is 0 Å². The van der Waals surface area contributed by atoms with Crippen molar-refractivity contribution in [1.82, 2.24) is 4.90 Å². The molecule has 0 unspecified atom stereocenters. The van der Waals surface area contributed by atoms with Gasteiger partial charge in [0.15, 0.2) is 0 Å². The summed E-state index contributed by atoms with van der Waals surface area (Å²) < 4.78 is 37.4. The molecule has 9 heteroatoms. The summed E-state index contributed by atoms with van der Waals surface area (Å²) in [6, 6.07) is 5.66. The van der Waals surface area contributed by atoms with Gasteiger partial charge in [0, 0.05) is 30.9 Å². The summed E-state index contributed by atoms with van der Waals surface area (Å²) in [5.74, 6) is -0.737. The predicted octanol–water partition coefficient (Wildman–Crippen LogP) is 0.783. The third-order valence-corrected chi connectivity index (χ3v) is 4.16. The first-order valence-electron chi connectivity index (χ1n) is 6.88. The molecule has 3 rings (SSSR count). The van der Waals surface area contributed by atoms with E-state index in [2.05, 4.69) is 4.18 Å². The first-order chi connectivity index (χ1) is 10.8. The molecule has 0 aliphatic carbocycles. The number of nitrogens with zero attached hydrogens (tertiary/aromatic N) is 2. The highest BCUT2D eigenvalue weighted by Gasteiger charge is 2.35. The molecule has 1 aromatic rings. The Hall–Kier alpha value is -2.42. The lowest BCUT2D eigenvalue weighted by Crippen LogP contribution is -2.41. The molecule has 2 aliphatic heterocycles. The van der Waals surface area contributed by atoms with Crippen molar-refractivity contribution >= 4 is 28.0 Å². The average Bonchev–Trinajstić information content (AvgIpc) is 3.05. The van der Waals surface area contributed by atoms with E-state index >= 15 is 0 Å². The first kappa shape index (κ1) is 15.5. The molecule has 2 aliphatic rings. The van der Waals surface area contributed by atoms with E-state index in [1.54, 1.807) is 12.1 Å². The van der Waals surface area contributed by atoms with Crippen LogP contribution in [0.2, 0.25) is 0 Å². The minimum absolute atomic E-state index is 0.124. The first-order valence-corrected chi connectivity index (χ1v) is 8.19. The lowest BCUT2D eigenvalue weighted by Gasteiger charge is -2.23. The minimum Gasteiger partial charge on any atom is -0.369 e. The Labute approximate surface area is 132 Å². The van der Waals surface area contributed by atoms with Crippen LogP contribution in [0.15, 0.2) is 36.4 Å². The van der Waals surface area contributed by atoms with Crippen LogP contribution < -0.4 is 9.08 Å². The third-order valence-electron chi connectivity index (χ3n) is 3.77. The van der Waals surface area contributed by atoms with Crippen LogP contribution in [0.3, 0.4) is 0 Å². The Morgan fingerprint density at radius 1 is 1.09 bits per heavy atom. The molecule has 1 saturated heterocycles. The fraction of sp³-hybridized carbons (Fsp3) is 0.286. The Kier molecular flexibility index (Phi) is 3.80. The largest absolute Gasteiger partial charge is 0.488 e. The molecule has 0 bridgehead atoms. The molecule has 0 spiro atoms. The standard InChI is InChI=1S/C14H13FN2O5S/c15-23(20,21)22-12-3-1-10(2-4-12)16-8-7-11(9-16)17-13(18)5-6-14(17)19/h1-6,11H,7-9H2/t11-/m1/s1. The Morgan fingerprint density at radius 3 is 2.26 bits per heavy atom. The Balaban J connectivity index is 1.67. The zero-order chi connectivity index (χ0) is 16.6. The second-order valence-electron chi connectivity index (χ2n) is 5.24. The zero-order valence-corrected chi connectivity index (χ0v) is 12.7. The van der Waals surface area contributed by atoms with Crippen LogP contribution in [0.25, 0.3) is 0 Å². The quantitative estimate of drug-likeness (QED) is 0.595. The van der Waals surface area contributed by atoms with Gasteiger partial charge in [0.25, 0.3) is 11.8 Å². The summed E-state index contributed by atoms with van der Waals surface area (Å²) in [6.45, 7) is 1.13. The maximum absolute atomic E-state index is 12.4. The van der Waals surface area contributed by atoms with Crippen LogP contribution in [-0.2, 0) is 20.1 Å². The molecule has 122 valence electrons. The van der Waals surface area contributed by atoms with Gasteiger partial charge in [-0.25, -0.2) is 0 Å². The molecule has 2 amide bonds. The summed E-state index contributed by atoms with van der Waals surface area (Å²) in [5.41, 5.74) is 0.767. The molecule has 23 heavy (non-hydrogen) atoms. The second-order valence-corrected chi connectivity index (χ2v) is 6.19. The van der Waals surface area contributed by atoms with Crippen LogP contribution >= 0.6 is 0 Å². The van der Waals surface area contributed by atoms with Crippen molar-refractivity contribution in [3.05, 3.63) is 36.4 Å². The fourth-order valence-electron chi connectivity index (χ4n) is 2.79.